The topological polar surface area (TPSA) is 48.3 Å². The van der Waals surface area contributed by atoms with Crippen molar-refractivity contribution >= 4 is 16.9 Å². The van der Waals surface area contributed by atoms with E-state index < -0.39 is 5.97 Å². The highest BCUT2D eigenvalue weighted by Gasteiger charge is 2.19. The molecule has 0 bridgehead atoms. The monoisotopic (exact) mass is 307 g/mol. The van der Waals surface area contributed by atoms with Crippen LogP contribution in [0.2, 0.25) is 0 Å². The van der Waals surface area contributed by atoms with Crippen LogP contribution in [0.1, 0.15) is 13.3 Å². The maximum atomic E-state index is 12.7. The van der Waals surface area contributed by atoms with Gasteiger partial charge < -0.3 is 9.30 Å². The molecule has 1 heterocycles. The van der Waals surface area contributed by atoms with Gasteiger partial charge in [-0.25, -0.2) is 0 Å². The molecule has 0 unspecified atom stereocenters. The van der Waals surface area contributed by atoms with Crippen LogP contribution in [0.5, 0.6) is 5.75 Å². The molecule has 2 aromatic carbocycles. The molecule has 4 heteroatoms. The van der Waals surface area contributed by atoms with Crippen molar-refractivity contribution < 1.29 is 9.53 Å². The van der Waals surface area contributed by atoms with E-state index in [1.54, 1.807) is 14.0 Å². The Morgan fingerprint density at radius 2 is 1.70 bits per heavy atom. The maximum absolute atomic E-state index is 12.7. The van der Waals surface area contributed by atoms with Crippen molar-refractivity contribution in [2.24, 2.45) is 7.05 Å². The third kappa shape index (κ3) is 2.63. The summed E-state index contributed by atoms with van der Waals surface area (Å²) >= 11 is 0. The second kappa shape index (κ2) is 6.08. The normalized spacial score (nSPS) is 10.7. The van der Waals surface area contributed by atoms with Crippen molar-refractivity contribution in [2.45, 2.75) is 13.3 Å². The highest BCUT2D eigenvalue weighted by atomic mass is 16.5. The lowest BCUT2D eigenvalue weighted by molar-refractivity contribution is -0.134. The molecule has 0 fully saturated rings. The largest absolute Gasteiger partial charge is 0.420 e. The summed E-state index contributed by atoms with van der Waals surface area (Å²) in [6.07, 6.45) is 0.213. The number of nitrogens with zero attached hydrogens (tertiary/aromatic N) is 1. The number of hydrogen-bond acceptors (Lipinski definition) is 3. The smallest absolute Gasteiger partial charge is 0.311 e. The number of carbonyl (C=O) groups excluding carboxylic acids is 1. The van der Waals surface area contributed by atoms with Gasteiger partial charge >= 0.3 is 5.97 Å². The van der Waals surface area contributed by atoms with E-state index in [4.69, 9.17) is 4.74 Å². The molecule has 0 amide bonds. The third-order valence-electron chi connectivity index (χ3n) is 3.83. The first-order valence-corrected chi connectivity index (χ1v) is 7.51. The van der Waals surface area contributed by atoms with Crippen molar-refractivity contribution in [1.29, 1.82) is 0 Å². The average molecular weight is 307 g/mol. The summed E-state index contributed by atoms with van der Waals surface area (Å²) in [6.45, 7) is 1.70. The minimum absolute atomic E-state index is 0.0873. The minimum Gasteiger partial charge on any atom is -0.420 e. The van der Waals surface area contributed by atoms with Crippen LogP contribution in [0.15, 0.2) is 59.4 Å². The molecule has 116 valence electrons. The second-order valence-corrected chi connectivity index (χ2v) is 5.28. The van der Waals surface area contributed by atoms with Crippen molar-refractivity contribution in [3.63, 3.8) is 0 Å². The molecular weight excluding hydrogens is 290 g/mol. The Hall–Kier alpha value is -2.88. The second-order valence-electron chi connectivity index (χ2n) is 5.28. The lowest BCUT2D eigenvalue weighted by Gasteiger charge is -2.15. The lowest BCUT2D eigenvalue weighted by Crippen LogP contribution is -2.23. The molecule has 0 aliphatic carbocycles. The number of pyridine rings is 1. The van der Waals surface area contributed by atoms with Crippen molar-refractivity contribution in [2.75, 3.05) is 0 Å². The zero-order valence-electron chi connectivity index (χ0n) is 13.1. The van der Waals surface area contributed by atoms with Gasteiger partial charge in [-0.1, -0.05) is 55.5 Å². The number of esters is 1. The van der Waals surface area contributed by atoms with E-state index in [1.165, 1.54) is 4.57 Å². The molecule has 4 nitrogen and oxygen atoms in total. The molecule has 0 saturated heterocycles. The van der Waals surface area contributed by atoms with Crippen LogP contribution >= 0.6 is 0 Å². The molecule has 23 heavy (non-hydrogen) atoms. The van der Waals surface area contributed by atoms with E-state index >= 15 is 0 Å². The Kier molecular flexibility index (Phi) is 3.98. The summed E-state index contributed by atoms with van der Waals surface area (Å²) in [5, 5.41) is 0.875. The van der Waals surface area contributed by atoms with E-state index in [-0.39, 0.29) is 17.7 Å². The predicted octanol–water partition coefficient (Wildman–Crippen LogP) is 3.52. The number of para-hydroxylation sites is 1. The Labute approximate surface area is 133 Å². The van der Waals surface area contributed by atoms with Gasteiger partial charge in [-0.05, 0) is 11.6 Å². The molecule has 3 aromatic rings. The summed E-state index contributed by atoms with van der Waals surface area (Å²) in [6, 6.07) is 17.1. The summed E-state index contributed by atoms with van der Waals surface area (Å²) in [7, 11) is 1.68. The molecule has 1 aromatic heterocycles. The third-order valence-corrected chi connectivity index (χ3v) is 3.83. The molecule has 3 rings (SSSR count). The van der Waals surface area contributed by atoms with E-state index in [1.807, 2.05) is 54.6 Å². The molecule has 0 saturated carbocycles. The van der Waals surface area contributed by atoms with Crippen LogP contribution in [0.4, 0.5) is 0 Å². The Balaban J connectivity index is 2.42. The van der Waals surface area contributed by atoms with Crippen LogP contribution in [0.3, 0.4) is 0 Å². The van der Waals surface area contributed by atoms with Gasteiger partial charge in [-0.3, -0.25) is 9.59 Å². The number of aromatic nitrogens is 1. The van der Waals surface area contributed by atoms with E-state index in [0.29, 0.717) is 5.56 Å². The fourth-order valence-electron chi connectivity index (χ4n) is 2.64. The van der Waals surface area contributed by atoms with Crippen LogP contribution in [-0.2, 0) is 11.8 Å². The van der Waals surface area contributed by atoms with E-state index in [2.05, 4.69) is 0 Å². The van der Waals surface area contributed by atoms with Gasteiger partial charge in [-0.2, -0.15) is 0 Å². The van der Waals surface area contributed by atoms with Gasteiger partial charge in [0, 0.05) is 24.4 Å². The summed E-state index contributed by atoms with van der Waals surface area (Å²) in [4.78, 5) is 24.5. The number of fused-ring (bicyclic) bond motifs is 1. The fraction of sp³-hybridized carbons (Fsp3) is 0.158. The van der Waals surface area contributed by atoms with Gasteiger partial charge in [0.2, 0.25) is 5.75 Å². The number of rotatable bonds is 3. The SMILES string of the molecule is CCC(=O)Oc1c(-c2ccccc2)c2ccccc2n(C)c1=O. The molecule has 0 atom stereocenters. The first-order chi connectivity index (χ1) is 11.1. The maximum Gasteiger partial charge on any atom is 0.311 e. The molecular formula is C19H17NO3. The Morgan fingerprint density at radius 1 is 1.04 bits per heavy atom. The van der Waals surface area contributed by atoms with Crippen molar-refractivity contribution in [3.05, 3.63) is 65.0 Å². The molecule has 0 radical (unpaired) electrons. The minimum atomic E-state index is -0.422. The molecule has 0 aliphatic heterocycles. The number of hydrogen-bond donors (Lipinski definition) is 0. The standard InChI is InChI=1S/C19H17NO3/c1-3-16(21)23-18-17(13-9-5-4-6-10-13)14-11-7-8-12-15(14)20(2)19(18)22/h4-12H,3H2,1-2H3. The summed E-state index contributed by atoms with van der Waals surface area (Å²) < 4.78 is 6.91. The summed E-state index contributed by atoms with van der Waals surface area (Å²) in [5.74, 6) is -0.334. The Morgan fingerprint density at radius 3 is 2.39 bits per heavy atom. The highest BCUT2D eigenvalue weighted by molar-refractivity contribution is 5.98. The molecule has 0 N–H and O–H groups in total. The number of carbonyl (C=O) groups is 1. The first kappa shape index (κ1) is 15.0. The molecule has 0 aliphatic rings. The first-order valence-electron chi connectivity index (χ1n) is 7.51. The summed E-state index contributed by atoms with van der Waals surface area (Å²) in [5.41, 5.74) is 1.99. The Bertz CT molecular complexity index is 926. The number of benzene rings is 2. The van der Waals surface area contributed by atoms with Crippen molar-refractivity contribution in [3.8, 4) is 16.9 Å². The van der Waals surface area contributed by atoms with Gasteiger partial charge in [0.1, 0.15) is 0 Å². The van der Waals surface area contributed by atoms with Gasteiger partial charge in [-0.15, -0.1) is 0 Å². The quantitative estimate of drug-likeness (QED) is 0.696. The molecule has 0 spiro atoms. The zero-order valence-corrected chi connectivity index (χ0v) is 13.1. The van der Waals surface area contributed by atoms with Gasteiger partial charge in [0.15, 0.2) is 0 Å². The zero-order chi connectivity index (χ0) is 16.4. The highest BCUT2D eigenvalue weighted by Crippen LogP contribution is 2.34. The van der Waals surface area contributed by atoms with Crippen molar-refractivity contribution in [1.82, 2.24) is 4.57 Å². The van der Waals surface area contributed by atoms with E-state index in [0.717, 1.165) is 16.5 Å². The van der Waals surface area contributed by atoms with E-state index in [9.17, 15) is 9.59 Å². The predicted molar refractivity (Wildman–Crippen MR) is 90.6 cm³/mol. The van der Waals surface area contributed by atoms with Crippen LogP contribution in [0.25, 0.3) is 22.0 Å². The van der Waals surface area contributed by atoms with Gasteiger partial charge in [0.05, 0.1) is 5.52 Å². The van der Waals surface area contributed by atoms with Crippen LogP contribution in [-0.4, -0.2) is 10.5 Å². The van der Waals surface area contributed by atoms with Crippen LogP contribution < -0.4 is 10.3 Å². The van der Waals surface area contributed by atoms with Gasteiger partial charge in [0.25, 0.3) is 5.56 Å². The average Bonchev–Trinajstić information content (AvgIpc) is 2.60. The lowest BCUT2D eigenvalue weighted by atomic mass is 10.00. The number of ether oxygens (including phenoxy) is 1. The number of aryl methyl sites for hydroxylation is 1. The fourth-order valence-corrected chi connectivity index (χ4v) is 2.64. The van der Waals surface area contributed by atoms with Crippen LogP contribution in [0, 0.1) is 0 Å².